The highest BCUT2D eigenvalue weighted by atomic mass is 19.4. The zero-order valence-electron chi connectivity index (χ0n) is 8.48. The Balaban J connectivity index is 2.29. The lowest BCUT2D eigenvalue weighted by Gasteiger charge is -2.08. The molecule has 0 aliphatic heterocycles. The Morgan fingerprint density at radius 3 is 2.35 bits per heavy atom. The van der Waals surface area contributed by atoms with Crippen LogP contribution in [0.15, 0.2) is 42.7 Å². The summed E-state index contributed by atoms with van der Waals surface area (Å²) in [5.41, 5.74) is 1.07. The first-order chi connectivity index (χ1) is 8.04. The van der Waals surface area contributed by atoms with Gasteiger partial charge in [0.25, 0.3) is 0 Å². The molecule has 1 heterocycles. The number of halogens is 3. The molecule has 0 atom stereocenters. The molecule has 0 bridgehead atoms. The number of rotatable bonds is 2. The Kier molecular flexibility index (Phi) is 2.95. The van der Waals surface area contributed by atoms with Gasteiger partial charge in [0.2, 0.25) is 5.88 Å². The van der Waals surface area contributed by atoms with Gasteiger partial charge in [0.1, 0.15) is 6.33 Å². The summed E-state index contributed by atoms with van der Waals surface area (Å²) in [6, 6.07) is 9.95. The third-order valence-corrected chi connectivity index (χ3v) is 1.93. The van der Waals surface area contributed by atoms with Gasteiger partial charge in [-0.05, 0) is 0 Å². The van der Waals surface area contributed by atoms with Crippen LogP contribution in [0, 0.1) is 0 Å². The summed E-state index contributed by atoms with van der Waals surface area (Å²) in [5.74, 6) is -0.522. The molecule has 0 aliphatic carbocycles. The second kappa shape index (κ2) is 4.40. The van der Waals surface area contributed by atoms with Crippen LogP contribution in [0.3, 0.4) is 0 Å². The number of hydrogen-bond acceptors (Lipinski definition) is 3. The Morgan fingerprint density at radius 2 is 1.71 bits per heavy atom. The Hall–Kier alpha value is -2.11. The highest BCUT2D eigenvalue weighted by Crippen LogP contribution is 2.24. The molecule has 0 saturated heterocycles. The Labute approximate surface area is 94.9 Å². The maximum absolute atomic E-state index is 12.0. The number of ether oxygens (including phenoxy) is 1. The van der Waals surface area contributed by atoms with Crippen LogP contribution >= 0.6 is 0 Å². The number of aromatic nitrogens is 2. The Morgan fingerprint density at radius 1 is 1.00 bits per heavy atom. The van der Waals surface area contributed by atoms with E-state index in [1.165, 1.54) is 0 Å². The van der Waals surface area contributed by atoms with Crippen LogP contribution in [0.25, 0.3) is 11.3 Å². The lowest BCUT2D eigenvalue weighted by molar-refractivity contribution is -0.276. The first-order valence-electron chi connectivity index (χ1n) is 4.68. The van der Waals surface area contributed by atoms with E-state index in [2.05, 4.69) is 14.7 Å². The Bertz CT molecular complexity index is 500. The van der Waals surface area contributed by atoms with Crippen molar-refractivity contribution in [1.82, 2.24) is 9.97 Å². The van der Waals surface area contributed by atoms with Crippen molar-refractivity contribution in [2.75, 3.05) is 0 Å². The van der Waals surface area contributed by atoms with Crippen molar-refractivity contribution in [1.29, 1.82) is 0 Å². The molecular formula is C11H7F3N2O. The number of benzene rings is 1. The lowest BCUT2D eigenvalue weighted by Crippen LogP contribution is -2.18. The van der Waals surface area contributed by atoms with Crippen molar-refractivity contribution in [2.45, 2.75) is 6.36 Å². The van der Waals surface area contributed by atoms with Gasteiger partial charge in [-0.2, -0.15) is 0 Å². The minimum Gasteiger partial charge on any atom is -0.388 e. The van der Waals surface area contributed by atoms with Crippen LogP contribution in [-0.4, -0.2) is 16.3 Å². The molecule has 2 aromatic rings. The summed E-state index contributed by atoms with van der Waals surface area (Å²) in [6.45, 7) is 0. The standard InChI is InChI=1S/C11H7F3N2O/c12-11(13,14)17-10-6-9(15-7-16-10)8-4-2-1-3-5-8/h1-7H. The molecule has 0 spiro atoms. The van der Waals surface area contributed by atoms with E-state index in [-0.39, 0.29) is 0 Å². The van der Waals surface area contributed by atoms with Crippen molar-refractivity contribution in [3.05, 3.63) is 42.7 Å². The fraction of sp³-hybridized carbons (Fsp3) is 0.0909. The van der Waals surface area contributed by atoms with Crippen LogP contribution in [0.2, 0.25) is 0 Å². The van der Waals surface area contributed by atoms with Gasteiger partial charge in [-0.15, -0.1) is 13.2 Å². The topological polar surface area (TPSA) is 35.0 Å². The maximum Gasteiger partial charge on any atom is 0.574 e. The minimum absolute atomic E-state index is 0.375. The summed E-state index contributed by atoms with van der Waals surface area (Å²) in [5, 5.41) is 0. The summed E-state index contributed by atoms with van der Waals surface area (Å²) in [6.07, 6.45) is -3.72. The van der Waals surface area contributed by atoms with E-state index in [0.717, 1.165) is 12.4 Å². The second-order valence-electron chi connectivity index (χ2n) is 3.16. The monoisotopic (exact) mass is 240 g/mol. The summed E-state index contributed by atoms with van der Waals surface area (Å²) in [4.78, 5) is 7.28. The van der Waals surface area contributed by atoms with E-state index in [4.69, 9.17) is 0 Å². The average Bonchev–Trinajstić information content (AvgIpc) is 2.28. The third-order valence-electron chi connectivity index (χ3n) is 1.93. The first kappa shape index (κ1) is 11.4. The van der Waals surface area contributed by atoms with Gasteiger partial charge in [0.15, 0.2) is 0 Å². The van der Waals surface area contributed by atoms with Crippen molar-refractivity contribution < 1.29 is 17.9 Å². The smallest absolute Gasteiger partial charge is 0.388 e. The van der Waals surface area contributed by atoms with Gasteiger partial charge >= 0.3 is 6.36 Å². The minimum atomic E-state index is -4.75. The summed E-state index contributed by atoms with van der Waals surface area (Å²) >= 11 is 0. The fourth-order valence-corrected chi connectivity index (χ4v) is 1.28. The van der Waals surface area contributed by atoms with Gasteiger partial charge in [-0.1, -0.05) is 30.3 Å². The zero-order chi connectivity index (χ0) is 12.3. The van der Waals surface area contributed by atoms with Gasteiger partial charge in [0, 0.05) is 11.6 Å². The molecule has 1 aromatic carbocycles. The number of hydrogen-bond donors (Lipinski definition) is 0. The molecule has 0 fully saturated rings. The van der Waals surface area contributed by atoms with Gasteiger partial charge in [0.05, 0.1) is 5.69 Å². The van der Waals surface area contributed by atoms with Crippen molar-refractivity contribution in [2.24, 2.45) is 0 Å². The molecule has 0 N–H and O–H groups in total. The van der Waals surface area contributed by atoms with Crippen molar-refractivity contribution in [3.8, 4) is 17.1 Å². The molecule has 0 saturated carbocycles. The van der Waals surface area contributed by atoms with Crippen molar-refractivity contribution >= 4 is 0 Å². The molecule has 0 unspecified atom stereocenters. The van der Waals surface area contributed by atoms with Gasteiger partial charge in [-0.3, -0.25) is 0 Å². The molecule has 88 valence electrons. The van der Waals surface area contributed by atoms with E-state index in [1.807, 2.05) is 0 Å². The van der Waals surface area contributed by atoms with E-state index in [1.54, 1.807) is 30.3 Å². The highest BCUT2D eigenvalue weighted by molar-refractivity contribution is 5.59. The van der Waals surface area contributed by atoms with E-state index < -0.39 is 12.2 Å². The molecule has 17 heavy (non-hydrogen) atoms. The van der Waals surface area contributed by atoms with E-state index >= 15 is 0 Å². The predicted molar refractivity (Wildman–Crippen MR) is 54.2 cm³/mol. The summed E-state index contributed by atoms with van der Waals surface area (Å²) < 4.78 is 39.7. The van der Waals surface area contributed by atoms with Crippen LogP contribution in [0.4, 0.5) is 13.2 Å². The van der Waals surface area contributed by atoms with Crippen LogP contribution in [-0.2, 0) is 0 Å². The highest BCUT2D eigenvalue weighted by Gasteiger charge is 2.31. The van der Waals surface area contributed by atoms with Crippen molar-refractivity contribution in [3.63, 3.8) is 0 Å². The largest absolute Gasteiger partial charge is 0.574 e. The molecule has 3 nitrogen and oxygen atoms in total. The first-order valence-corrected chi connectivity index (χ1v) is 4.68. The van der Waals surface area contributed by atoms with Crippen LogP contribution < -0.4 is 4.74 Å². The second-order valence-corrected chi connectivity index (χ2v) is 3.16. The molecule has 6 heteroatoms. The van der Waals surface area contributed by atoms with Crippen LogP contribution in [0.5, 0.6) is 5.88 Å². The molecule has 0 amide bonds. The molecule has 0 aliphatic rings. The predicted octanol–water partition coefficient (Wildman–Crippen LogP) is 3.04. The molecule has 0 radical (unpaired) electrons. The average molecular weight is 240 g/mol. The number of alkyl halides is 3. The zero-order valence-corrected chi connectivity index (χ0v) is 8.48. The molecule has 1 aromatic heterocycles. The third kappa shape index (κ3) is 3.17. The van der Waals surface area contributed by atoms with E-state index in [9.17, 15) is 13.2 Å². The normalized spacial score (nSPS) is 11.2. The molecule has 2 rings (SSSR count). The fourth-order valence-electron chi connectivity index (χ4n) is 1.28. The van der Waals surface area contributed by atoms with Crippen LogP contribution in [0.1, 0.15) is 0 Å². The van der Waals surface area contributed by atoms with Gasteiger partial charge in [-0.25, -0.2) is 9.97 Å². The van der Waals surface area contributed by atoms with E-state index in [0.29, 0.717) is 11.3 Å². The number of nitrogens with zero attached hydrogens (tertiary/aromatic N) is 2. The quantitative estimate of drug-likeness (QED) is 0.809. The molecular weight excluding hydrogens is 233 g/mol. The van der Waals surface area contributed by atoms with Gasteiger partial charge < -0.3 is 4.74 Å². The summed E-state index contributed by atoms with van der Waals surface area (Å²) in [7, 11) is 0. The SMILES string of the molecule is FC(F)(F)Oc1cc(-c2ccccc2)ncn1. The lowest BCUT2D eigenvalue weighted by atomic mass is 10.1. The maximum atomic E-state index is 12.0.